The highest BCUT2D eigenvalue weighted by molar-refractivity contribution is 14.0. The van der Waals surface area contributed by atoms with Crippen molar-refractivity contribution < 1.29 is 13.9 Å². The number of amides is 1. The SMILES string of the molecule is CCCN=C(NCCc1ccco1)N1CC2CCC(NC(=O)OC(C)(C)C)C2C1.I. The molecule has 3 atom stereocenters. The minimum atomic E-state index is -0.471. The van der Waals surface area contributed by atoms with Gasteiger partial charge in [0.2, 0.25) is 0 Å². The Morgan fingerprint density at radius 1 is 1.33 bits per heavy atom. The lowest BCUT2D eigenvalue weighted by Gasteiger charge is -2.26. The van der Waals surface area contributed by atoms with E-state index < -0.39 is 5.60 Å². The first-order valence-corrected chi connectivity index (χ1v) is 10.9. The summed E-state index contributed by atoms with van der Waals surface area (Å²) in [5.41, 5.74) is -0.471. The lowest BCUT2D eigenvalue weighted by atomic mass is 9.98. The van der Waals surface area contributed by atoms with Crippen LogP contribution in [0.1, 0.15) is 52.7 Å². The van der Waals surface area contributed by atoms with Gasteiger partial charge in [0.25, 0.3) is 0 Å². The zero-order valence-electron chi connectivity index (χ0n) is 18.6. The number of alkyl carbamates (subject to hydrolysis) is 1. The van der Waals surface area contributed by atoms with Crippen LogP contribution >= 0.6 is 24.0 Å². The summed E-state index contributed by atoms with van der Waals surface area (Å²) in [6.45, 7) is 11.3. The summed E-state index contributed by atoms with van der Waals surface area (Å²) < 4.78 is 10.9. The van der Waals surface area contributed by atoms with Crippen molar-refractivity contribution in [3.05, 3.63) is 24.2 Å². The second-order valence-electron chi connectivity index (χ2n) is 9.12. The smallest absolute Gasteiger partial charge is 0.407 e. The number of hydrogen-bond donors (Lipinski definition) is 2. The number of likely N-dealkylation sites (tertiary alicyclic amines) is 1. The van der Waals surface area contributed by atoms with E-state index in [-0.39, 0.29) is 36.1 Å². The van der Waals surface area contributed by atoms with Gasteiger partial charge in [0.15, 0.2) is 5.96 Å². The van der Waals surface area contributed by atoms with Gasteiger partial charge in [-0.25, -0.2) is 4.79 Å². The fourth-order valence-corrected chi connectivity index (χ4v) is 4.31. The van der Waals surface area contributed by atoms with Crippen LogP contribution in [0.15, 0.2) is 27.8 Å². The van der Waals surface area contributed by atoms with E-state index in [1.54, 1.807) is 6.26 Å². The topological polar surface area (TPSA) is 79.1 Å². The number of aliphatic imine (C=N–C) groups is 1. The van der Waals surface area contributed by atoms with Gasteiger partial charge in [-0.2, -0.15) is 0 Å². The molecule has 30 heavy (non-hydrogen) atoms. The van der Waals surface area contributed by atoms with Gasteiger partial charge in [0.05, 0.1) is 6.26 Å². The monoisotopic (exact) mass is 532 g/mol. The Labute approximate surface area is 197 Å². The van der Waals surface area contributed by atoms with Crippen LogP contribution in [0.4, 0.5) is 4.79 Å². The minimum absolute atomic E-state index is 0. The summed E-state index contributed by atoms with van der Waals surface area (Å²) in [4.78, 5) is 19.4. The third-order valence-electron chi connectivity index (χ3n) is 5.58. The Kier molecular flexibility index (Phi) is 9.31. The fraction of sp³-hybridized carbons (Fsp3) is 0.727. The van der Waals surface area contributed by atoms with Gasteiger partial charge >= 0.3 is 6.09 Å². The highest BCUT2D eigenvalue weighted by atomic mass is 127. The molecular weight excluding hydrogens is 495 g/mol. The number of carbonyl (C=O) groups excluding carboxylic acids is 1. The highest BCUT2D eigenvalue weighted by Gasteiger charge is 2.44. The number of guanidine groups is 1. The van der Waals surface area contributed by atoms with Crippen molar-refractivity contribution >= 4 is 36.0 Å². The molecule has 170 valence electrons. The standard InChI is InChI=1S/C22H36N4O3.HI/c1-5-11-23-20(24-12-10-17-7-6-13-28-17)26-14-16-8-9-19(18(16)15-26)25-21(27)29-22(2,3)4;/h6-7,13,16,18-19H,5,8-12,14-15H2,1-4H3,(H,23,24)(H,25,27);1H. The van der Waals surface area contributed by atoms with Crippen LogP contribution in [0.3, 0.4) is 0 Å². The Morgan fingerprint density at radius 2 is 2.13 bits per heavy atom. The number of fused-ring (bicyclic) bond motifs is 1. The molecule has 1 aromatic rings. The number of carbonyl (C=O) groups is 1. The van der Waals surface area contributed by atoms with E-state index >= 15 is 0 Å². The van der Waals surface area contributed by atoms with Gasteiger partial charge in [0, 0.05) is 44.6 Å². The quantitative estimate of drug-likeness (QED) is 0.329. The first-order chi connectivity index (χ1) is 13.9. The van der Waals surface area contributed by atoms with Gasteiger partial charge in [-0.1, -0.05) is 6.92 Å². The number of nitrogens with one attached hydrogen (secondary N) is 2. The molecule has 3 unspecified atom stereocenters. The second-order valence-corrected chi connectivity index (χ2v) is 9.12. The molecule has 1 aromatic heterocycles. The molecule has 2 fully saturated rings. The molecule has 1 aliphatic carbocycles. The van der Waals surface area contributed by atoms with Gasteiger partial charge < -0.3 is 24.7 Å². The van der Waals surface area contributed by atoms with Crippen molar-refractivity contribution in [3.63, 3.8) is 0 Å². The van der Waals surface area contributed by atoms with Crippen molar-refractivity contribution in [2.75, 3.05) is 26.2 Å². The Hall–Kier alpha value is -1.45. The van der Waals surface area contributed by atoms with E-state index in [2.05, 4.69) is 22.5 Å². The van der Waals surface area contributed by atoms with E-state index in [4.69, 9.17) is 14.1 Å². The third kappa shape index (κ3) is 7.06. The molecule has 1 saturated heterocycles. The summed E-state index contributed by atoms with van der Waals surface area (Å²) in [5.74, 6) is 2.99. The van der Waals surface area contributed by atoms with E-state index in [1.807, 2.05) is 32.9 Å². The summed E-state index contributed by atoms with van der Waals surface area (Å²) >= 11 is 0. The summed E-state index contributed by atoms with van der Waals surface area (Å²) in [5, 5.41) is 6.63. The minimum Gasteiger partial charge on any atom is -0.469 e. The molecule has 1 amide bonds. The summed E-state index contributed by atoms with van der Waals surface area (Å²) in [6, 6.07) is 4.09. The van der Waals surface area contributed by atoms with Crippen molar-refractivity contribution in [3.8, 4) is 0 Å². The van der Waals surface area contributed by atoms with Crippen LogP contribution in [-0.4, -0.2) is 54.8 Å². The second kappa shape index (κ2) is 11.2. The van der Waals surface area contributed by atoms with Crippen LogP contribution < -0.4 is 10.6 Å². The largest absolute Gasteiger partial charge is 0.469 e. The molecule has 1 saturated carbocycles. The number of nitrogens with zero attached hydrogens (tertiary/aromatic N) is 2. The third-order valence-corrected chi connectivity index (χ3v) is 5.58. The van der Waals surface area contributed by atoms with Crippen LogP contribution in [0.25, 0.3) is 0 Å². The maximum absolute atomic E-state index is 12.2. The maximum Gasteiger partial charge on any atom is 0.407 e. The van der Waals surface area contributed by atoms with E-state index in [0.29, 0.717) is 11.8 Å². The molecule has 0 aromatic carbocycles. The summed E-state index contributed by atoms with van der Waals surface area (Å²) in [6.07, 6.45) is 5.42. The molecular formula is C22H37IN4O3. The van der Waals surface area contributed by atoms with E-state index in [1.165, 1.54) is 0 Å². The Bertz CT molecular complexity index is 687. The molecule has 3 rings (SSSR count). The van der Waals surface area contributed by atoms with Gasteiger partial charge in [-0.15, -0.1) is 24.0 Å². The number of furan rings is 1. The van der Waals surface area contributed by atoms with E-state index in [0.717, 1.165) is 63.6 Å². The Balaban J connectivity index is 0.00000320. The van der Waals surface area contributed by atoms with Crippen molar-refractivity contribution in [1.82, 2.24) is 15.5 Å². The average Bonchev–Trinajstić information content (AvgIpc) is 3.35. The zero-order valence-corrected chi connectivity index (χ0v) is 21.0. The van der Waals surface area contributed by atoms with Crippen LogP contribution in [0.5, 0.6) is 0 Å². The van der Waals surface area contributed by atoms with Gasteiger partial charge in [0.1, 0.15) is 11.4 Å². The molecule has 0 radical (unpaired) electrons. The number of hydrogen-bond acceptors (Lipinski definition) is 4. The van der Waals surface area contributed by atoms with E-state index in [9.17, 15) is 4.79 Å². The van der Waals surface area contributed by atoms with Gasteiger partial charge in [-0.05, 0) is 58.1 Å². The Morgan fingerprint density at radius 3 is 2.80 bits per heavy atom. The normalized spacial score (nSPS) is 23.7. The molecule has 0 bridgehead atoms. The van der Waals surface area contributed by atoms with Crippen LogP contribution in [-0.2, 0) is 11.2 Å². The van der Waals surface area contributed by atoms with Crippen molar-refractivity contribution in [1.29, 1.82) is 0 Å². The lowest BCUT2D eigenvalue weighted by molar-refractivity contribution is 0.0492. The lowest BCUT2D eigenvalue weighted by Crippen LogP contribution is -2.45. The molecule has 8 heteroatoms. The van der Waals surface area contributed by atoms with Crippen LogP contribution in [0.2, 0.25) is 0 Å². The van der Waals surface area contributed by atoms with Crippen molar-refractivity contribution in [2.24, 2.45) is 16.8 Å². The first kappa shape index (κ1) is 24.8. The fourth-order valence-electron chi connectivity index (χ4n) is 4.31. The van der Waals surface area contributed by atoms with Crippen molar-refractivity contribution in [2.45, 2.75) is 65.0 Å². The first-order valence-electron chi connectivity index (χ1n) is 10.9. The predicted octanol–water partition coefficient (Wildman–Crippen LogP) is 4.03. The molecule has 1 aliphatic heterocycles. The number of ether oxygens (including phenoxy) is 1. The molecule has 2 aliphatic rings. The highest BCUT2D eigenvalue weighted by Crippen LogP contribution is 2.38. The summed E-state index contributed by atoms with van der Waals surface area (Å²) in [7, 11) is 0. The molecule has 2 N–H and O–H groups in total. The predicted molar refractivity (Wildman–Crippen MR) is 129 cm³/mol. The molecule has 7 nitrogen and oxygen atoms in total. The number of rotatable bonds is 6. The maximum atomic E-state index is 12.2. The molecule has 0 spiro atoms. The van der Waals surface area contributed by atoms with Gasteiger partial charge in [-0.3, -0.25) is 4.99 Å². The molecule has 2 heterocycles. The van der Waals surface area contributed by atoms with Crippen LogP contribution in [0, 0.1) is 11.8 Å². The number of halogens is 1. The average molecular weight is 532 g/mol. The zero-order chi connectivity index (χ0) is 20.9.